The van der Waals surface area contributed by atoms with E-state index in [9.17, 15) is 9.59 Å². The average Bonchev–Trinajstić information content (AvgIpc) is 2.57. The lowest BCUT2D eigenvalue weighted by Gasteiger charge is -2.34. The molecule has 1 amide bonds. The molecule has 5 nitrogen and oxygen atoms in total. The molecule has 88 valence electrons. The Morgan fingerprint density at radius 3 is 2.81 bits per heavy atom. The number of nitrogens with zero attached hydrogens (tertiary/aromatic N) is 1. The monoisotopic (exact) mass is 224 g/mol. The topological polar surface area (TPSA) is 58.6 Å². The highest BCUT2D eigenvalue weighted by atomic mass is 16.6. The van der Waals surface area contributed by atoms with Crippen LogP contribution in [-0.2, 0) is 14.3 Å². The Kier molecular flexibility index (Phi) is 3.19. The highest BCUT2D eigenvalue weighted by Gasteiger charge is 2.49. The Morgan fingerprint density at radius 2 is 2.25 bits per heavy atom. The van der Waals surface area contributed by atoms with Crippen LogP contribution in [0.15, 0.2) is 0 Å². The normalized spacial score (nSPS) is 28.1. The number of carbonyl (C=O) groups is 2. The Balaban J connectivity index is 1.98. The summed E-state index contributed by atoms with van der Waals surface area (Å²) in [6.07, 6.45) is 3.13. The zero-order valence-corrected chi connectivity index (χ0v) is 9.57. The third kappa shape index (κ3) is 1.94. The average molecular weight is 224 g/mol. The molecule has 2 rings (SSSR count). The van der Waals surface area contributed by atoms with Crippen LogP contribution in [0.5, 0.6) is 0 Å². The van der Waals surface area contributed by atoms with E-state index in [2.05, 4.69) is 5.23 Å². The van der Waals surface area contributed by atoms with Gasteiger partial charge in [-0.1, -0.05) is 0 Å². The van der Waals surface area contributed by atoms with Crippen molar-refractivity contribution in [2.24, 2.45) is 5.41 Å². The predicted molar refractivity (Wildman–Crippen MR) is 60.3 cm³/mol. The molecule has 1 unspecified atom stereocenters. The van der Waals surface area contributed by atoms with E-state index in [0.29, 0.717) is 19.6 Å². The maximum atomic E-state index is 11.9. The van der Waals surface area contributed by atoms with Crippen LogP contribution in [0.25, 0.3) is 0 Å². The minimum atomic E-state index is -0.318. The van der Waals surface area contributed by atoms with Crippen LogP contribution >= 0.6 is 0 Å². The molecule has 16 heavy (non-hydrogen) atoms. The first kappa shape index (κ1) is 11.5. The number of piperidine rings is 1. The molecule has 0 aromatic heterocycles. The number of rotatable bonds is 3. The number of esters is 1. The van der Waals surface area contributed by atoms with Gasteiger partial charge in [-0.15, -0.1) is 0 Å². The summed E-state index contributed by atoms with van der Waals surface area (Å²) in [4.78, 5) is 24.2. The quantitative estimate of drug-likeness (QED) is 0.367. The molecular formula is C10H17BN2O3. The number of nitrogens with one attached hydrogen (secondary N) is 1. The fourth-order valence-corrected chi connectivity index (χ4v) is 2.64. The van der Waals surface area contributed by atoms with Crippen LogP contribution in [0, 0.1) is 5.41 Å². The van der Waals surface area contributed by atoms with Crippen molar-refractivity contribution in [3.8, 4) is 0 Å². The van der Waals surface area contributed by atoms with Gasteiger partial charge in [-0.05, 0) is 12.8 Å². The lowest BCUT2D eigenvalue weighted by molar-refractivity contribution is -0.151. The lowest BCUT2D eigenvalue weighted by atomic mass is 9.76. The van der Waals surface area contributed by atoms with Gasteiger partial charge in [0.2, 0.25) is 6.41 Å². The molecular weight excluding hydrogens is 207 g/mol. The van der Waals surface area contributed by atoms with E-state index in [1.165, 1.54) is 0 Å². The van der Waals surface area contributed by atoms with Gasteiger partial charge in [-0.25, -0.2) is 0 Å². The van der Waals surface area contributed by atoms with Crippen molar-refractivity contribution in [1.29, 1.82) is 0 Å². The van der Waals surface area contributed by atoms with Crippen molar-refractivity contribution in [2.45, 2.75) is 25.4 Å². The Hall–Kier alpha value is -1.04. The van der Waals surface area contributed by atoms with Gasteiger partial charge in [0.25, 0.3) is 0 Å². The van der Waals surface area contributed by atoms with Crippen molar-refractivity contribution in [1.82, 2.24) is 10.1 Å². The Morgan fingerprint density at radius 1 is 1.56 bits per heavy atom. The van der Waals surface area contributed by atoms with Crippen molar-refractivity contribution >= 4 is 20.4 Å². The summed E-state index contributed by atoms with van der Waals surface area (Å²) in [6.45, 7) is 2.06. The lowest BCUT2D eigenvalue weighted by Crippen LogP contribution is -2.41. The second-order valence-electron chi connectivity index (χ2n) is 4.71. The van der Waals surface area contributed by atoms with E-state index in [0.717, 1.165) is 25.7 Å². The summed E-state index contributed by atoms with van der Waals surface area (Å²) in [5.41, 5.74) is -0.318. The summed E-state index contributed by atoms with van der Waals surface area (Å²) >= 11 is 0. The summed E-state index contributed by atoms with van der Waals surface area (Å²) in [5.74, 6) is -0.0710. The molecule has 0 radical (unpaired) electrons. The molecule has 0 aromatic rings. The fraction of sp³-hybridized carbons (Fsp3) is 0.800. The smallest absolute Gasteiger partial charge is 0.312 e. The minimum Gasteiger partial charge on any atom is -0.461 e. The molecule has 1 atom stereocenters. The Bertz CT molecular complexity index is 290. The van der Waals surface area contributed by atoms with Crippen molar-refractivity contribution in [2.75, 3.05) is 19.6 Å². The molecule has 0 saturated carbocycles. The van der Waals surface area contributed by atoms with Gasteiger partial charge in [0.1, 0.15) is 6.10 Å². The van der Waals surface area contributed by atoms with Crippen LogP contribution < -0.4 is 5.23 Å². The second-order valence-corrected chi connectivity index (χ2v) is 4.71. The van der Waals surface area contributed by atoms with Crippen molar-refractivity contribution in [3.05, 3.63) is 0 Å². The van der Waals surface area contributed by atoms with E-state index >= 15 is 0 Å². The molecule has 2 aliphatic rings. The number of cyclic esters (lactones) is 1. The highest BCUT2D eigenvalue weighted by molar-refractivity contribution is 6.04. The van der Waals surface area contributed by atoms with Gasteiger partial charge in [-0.3, -0.25) is 9.59 Å². The molecule has 6 heteroatoms. The third-order valence-electron chi connectivity index (χ3n) is 3.66. The molecule has 0 aliphatic carbocycles. The largest absolute Gasteiger partial charge is 0.461 e. The van der Waals surface area contributed by atoms with E-state index < -0.39 is 0 Å². The molecule has 0 aromatic carbocycles. The summed E-state index contributed by atoms with van der Waals surface area (Å²) in [7, 11) is 1.85. The van der Waals surface area contributed by atoms with E-state index in [1.807, 2.05) is 7.98 Å². The first-order valence-corrected chi connectivity index (χ1v) is 5.75. The number of likely N-dealkylation sites (tertiary alicyclic amines) is 1. The molecule has 2 fully saturated rings. The molecule has 0 bridgehead atoms. The first-order valence-electron chi connectivity index (χ1n) is 5.75. The maximum Gasteiger partial charge on any atom is 0.312 e. The van der Waals surface area contributed by atoms with Crippen molar-refractivity contribution in [3.63, 3.8) is 0 Å². The van der Waals surface area contributed by atoms with Crippen LogP contribution in [0.1, 0.15) is 19.3 Å². The summed E-state index contributed by atoms with van der Waals surface area (Å²) in [5, 5.41) is 3.03. The zero-order valence-electron chi connectivity index (χ0n) is 9.57. The van der Waals surface area contributed by atoms with Crippen LogP contribution in [-0.4, -0.2) is 51.0 Å². The minimum absolute atomic E-state index is 0.000260. The number of hydrogen-bond acceptors (Lipinski definition) is 4. The van der Waals surface area contributed by atoms with Crippen molar-refractivity contribution < 1.29 is 14.3 Å². The van der Waals surface area contributed by atoms with Gasteiger partial charge in [0, 0.05) is 26.1 Å². The summed E-state index contributed by atoms with van der Waals surface area (Å²) < 4.78 is 5.36. The zero-order chi connectivity index (χ0) is 11.6. The molecule has 2 saturated heterocycles. The molecule has 1 spiro atoms. The van der Waals surface area contributed by atoms with Gasteiger partial charge < -0.3 is 14.9 Å². The SMILES string of the molecule is BNCC1CC2(CCN(C=O)CC2)C(=O)O1. The van der Waals surface area contributed by atoms with E-state index in [1.54, 1.807) is 4.90 Å². The standard InChI is InChI=1S/C10H17BN2O3/c11-12-6-8-5-10(9(15)16-8)1-3-13(7-14)4-2-10/h7-8,12H,1-6,11H2. The van der Waals surface area contributed by atoms with Crippen LogP contribution in [0.4, 0.5) is 0 Å². The number of ether oxygens (including phenoxy) is 1. The van der Waals surface area contributed by atoms with Gasteiger partial charge in [0.05, 0.1) is 5.41 Å². The molecule has 1 N–H and O–H groups in total. The Labute approximate surface area is 95.9 Å². The summed E-state index contributed by atoms with van der Waals surface area (Å²) in [6, 6.07) is 0. The van der Waals surface area contributed by atoms with E-state index in [-0.39, 0.29) is 17.5 Å². The maximum absolute atomic E-state index is 11.9. The molecule has 2 heterocycles. The highest BCUT2D eigenvalue weighted by Crippen LogP contribution is 2.42. The second kappa shape index (κ2) is 4.45. The molecule has 2 aliphatic heterocycles. The van der Waals surface area contributed by atoms with Crippen LogP contribution in [0.2, 0.25) is 0 Å². The van der Waals surface area contributed by atoms with Gasteiger partial charge in [-0.2, -0.15) is 0 Å². The number of amides is 1. The number of carbonyl (C=O) groups excluding carboxylic acids is 2. The van der Waals surface area contributed by atoms with Gasteiger partial charge in [0.15, 0.2) is 7.98 Å². The predicted octanol–water partition coefficient (Wildman–Crippen LogP) is -1.32. The van der Waals surface area contributed by atoms with Gasteiger partial charge >= 0.3 is 5.97 Å². The first-order chi connectivity index (χ1) is 7.70. The third-order valence-corrected chi connectivity index (χ3v) is 3.66. The fourth-order valence-electron chi connectivity index (χ4n) is 2.64. The van der Waals surface area contributed by atoms with Crippen LogP contribution in [0.3, 0.4) is 0 Å². The van der Waals surface area contributed by atoms with E-state index in [4.69, 9.17) is 4.74 Å². The number of hydrogen-bond donors (Lipinski definition) is 1.